The van der Waals surface area contributed by atoms with E-state index in [0.29, 0.717) is 5.56 Å². The lowest BCUT2D eigenvalue weighted by atomic mass is 9.84. The summed E-state index contributed by atoms with van der Waals surface area (Å²) in [5, 5.41) is 0. The number of pyridine rings is 1. The highest BCUT2D eigenvalue weighted by Crippen LogP contribution is 2.24. The van der Waals surface area contributed by atoms with Crippen molar-refractivity contribution in [1.82, 2.24) is 4.98 Å². The van der Waals surface area contributed by atoms with Crippen LogP contribution in [0, 0.1) is 12.3 Å². The largest absolute Gasteiger partial charge is 0.373 e. The van der Waals surface area contributed by atoms with Gasteiger partial charge in [-0.3, -0.25) is 9.78 Å². The maximum Gasteiger partial charge on any atom is 0.193 e. The summed E-state index contributed by atoms with van der Waals surface area (Å²) in [5.41, 5.74) is 1.30. The second-order valence-electron chi connectivity index (χ2n) is 5.03. The van der Waals surface area contributed by atoms with Crippen molar-refractivity contribution in [2.75, 3.05) is 7.11 Å². The van der Waals surface area contributed by atoms with Gasteiger partial charge in [0.2, 0.25) is 0 Å². The van der Waals surface area contributed by atoms with E-state index in [1.807, 2.05) is 33.8 Å². The molecule has 0 saturated heterocycles. The Morgan fingerprint density at radius 1 is 1.38 bits per heavy atom. The lowest BCUT2D eigenvalue weighted by molar-refractivity contribution is 0.0195. The van der Waals surface area contributed by atoms with Gasteiger partial charge in [-0.15, -0.1) is 0 Å². The lowest BCUT2D eigenvalue weighted by Crippen LogP contribution is -2.36. The van der Waals surface area contributed by atoms with Crippen molar-refractivity contribution in [1.29, 1.82) is 0 Å². The van der Waals surface area contributed by atoms with Gasteiger partial charge in [0, 0.05) is 24.6 Å². The van der Waals surface area contributed by atoms with Gasteiger partial charge in [-0.2, -0.15) is 0 Å². The maximum absolute atomic E-state index is 12.2. The zero-order valence-corrected chi connectivity index (χ0v) is 10.6. The van der Waals surface area contributed by atoms with E-state index in [-0.39, 0.29) is 11.2 Å². The number of hydrogen-bond donors (Lipinski definition) is 0. The molecule has 1 aromatic heterocycles. The first-order valence-electron chi connectivity index (χ1n) is 5.36. The third-order valence-corrected chi connectivity index (χ3v) is 2.46. The molecule has 3 nitrogen and oxygen atoms in total. The van der Waals surface area contributed by atoms with Gasteiger partial charge >= 0.3 is 0 Å². The Hall–Kier alpha value is -1.22. The molecule has 1 atom stereocenters. The first kappa shape index (κ1) is 12.8. The van der Waals surface area contributed by atoms with Crippen LogP contribution < -0.4 is 0 Å². The van der Waals surface area contributed by atoms with Crippen LogP contribution in [0.25, 0.3) is 0 Å². The Labute approximate surface area is 96.8 Å². The molecule has 0 N–H and O–H groups in total. The Bertz CT molecular complexity index is 363. The van der Waals surface area contributed by atoms with Crippen molar-refractivity contribution in [2.45, 2.75) is 33.8 Å². The SMILES string of the molecule is COC(C(=O)c1ccc(C)nc1)C(C)(C)C. The van der Waals surface area contributed by atoms with E-state index in [0.717, 1.165) is 5.69 Å². The predicted molar refractivity (Wildman–Crippen MR) is 63.6 cm³/mol. The van der Waals surface area contributed by atoms with Crippen molar-refractivity contribution in [2.24, 2.45) is 5.41 Å². The smallest absolute Gasteiger partial charge is 0.193 e. The van der Waals surface area contributed by atoms with Crippen molar-refractivity contribution < 1.29 is 9.53 Å². The Balaban J connectivity index is 2.96. The quantitative estimate of drug-likeness (QED) is 0.736. The van der Waals surface area contributed by atoms with Gasteiger partial charge in [-0.05, 0) is 24.5 Å². The van der Waals surface area contributed by atoms with Crippen molar-refractivity contribution in [3.63, 3.8) is 0 Å². The molecule has 88 valence electrons. The zero-order chi connectivity index (χ0) is 12.3. The number of rotatable bonds is 3. The summed E-state index contributed by atoms with van der Waals surface area (Å²) in [6.45, 7) is 7.86. The Morgan fingerprint density at radius 2 is 2.00 bits per heavy atom. The number of hydrogen-bond acceptors (Lipinski definition) is 3. The van der Waals surface area contributed by atoms with E-state index in [1.54, 1.807) is 19.4 Å². The van der Waals surface area contributed by atoms with Crippen LogP contribution in [0.4, 0.5) is 0 Å². The Kier molecular flexibility index (Phi) is 3.81. The predicted octanol–water partition coefficient (Wildman–Crippen LogP) is 2.63. The van der Waals surface area contributed by atoms with E-state index < -0.39 is 6.10 Å². The molecule has 1 unspecified atom stereocenters. The summed E-state index contributed by atoms with van der Waals surface area (Å²) in [6, 6.07) is 3.63. The van der Waals surface area contributed by atoms with Crippen LogP contribution in [0.5, 0.6) is 0 Å². The van der Waals surface area contributed by atoms with Crippen LogP contribution in [0.3, 0.4) is 0 Å². The number of carbonyl (C=O) groups is 1. The highest BCUT2D eigenvalue weighted by atomic mass is 16.5. The van der Waals surface area contributed by atoms with Gasteiger partial charge in [-0.25, -0.2) is 0 Å². The number of ether oxygens (including phenoxy) is 1. The molecule has 1 heterocycles. The fourth-order valence-electron chi connectivity index (χ4n) is 1.62. The topological polar surface area (TPSA) is 39.2 Å². The van der Waals surface area contributed by atoms with E-state index in [4.69, 9.17) is 4.74 Å². The van der Waals surface area contributed by atoms with Crippen molar-refractivity contribution in [3.05, 3.63) is 29.6 Å². The molecule has 16 heavy (non-hydrogen) atoms. The standard InChI is InChI=1S/C13H19NO2/c1-9-6-7-10(8-14-9)11(15)12(16-5)13(2,3)4/h6-8,12H,1-5H3. The van der Waals surface area contributed by atoms with E-state index >= 15 is 0 Å². The average Bonchev–Trinajstić information content (AvgIpc) is 2.17. The summed E-state index contributed by atoms with van der Waals surface area (Å²) in [7, 11) is 1.56. The fraction of sp³-hybridized carbons (Fsp3) is 0.538. The molecule has 0 aliphatic carbocycles. The Morgan fingerprint density at radius 3 is 2.38 bits per heavy atom. The monoisotopic (exact) mass is 221 g/mol. The van der Waals surface area contributed by atoms with Gasteiger partial charge in [0.25, 0.3) is 0 Å². The third-order valence-electron chi connectivity index (χ3n) is 2.46. The lowest BCUT2D eigenvalue weighted by Gasteiger charge is -2.27. The summed E-state index contributed by atoms with van der Waals surface area (Å²) in [5.74, 6) is -0.0116. The second kappa shape index (κ2) is 4.74. The van der Waals surface area contributed by atoms with Crippen molar-refractivity contribution in [3.8, 4) is 0 Å². The van der Waals surface area contributed by atoms with Crippen LogP contribution in [0.2, 0.25) is 0 Å². The van der Waals surface area contributed by atoms with Gasteiger partial charge in [0.05, 0.1) is 0 Å². The molecule has 0 aliphatic heterocycles. The molecule has 0 bridgehead atoms. The molecule has 0 aliphatic rings. The zero-order valence-electron chi connectivity index (χ0n) is 10.6. The van der Waals surface area contributed by atoms with Crippen LogP contribution in [-0.2, 0) is 4.74 Å². The van der Waals surface area contributed by atoms with Crippen molar-refractivity contribution >= 4 is 5.78 Å². The van der Waals surface area contributed by atoms with Crippen LogP contribution in [-0.4, -0.2) is 24.0 Å². The number of nitrogens with zero attached hydrogens (tertiary/aromatic N) is 1. The van der Waals surface area contributed by atoms with Gasteiger partial charge < -0.3 is 4.74 Å². The molecular formula is C13H19NO2. The van der Waals surface area contributed by atoms with E-state index in [1.165, 1.54) is 0 Å². The molecule has 0 spiro atoms. The molecule has 1 aromatic rings. The minimum atomic E-state index is -0.433. The summed E-state index contributed by atoms with van der Waals surface area (Å²) in [4.78, 5) is 16.3. The number of aryl methyl sites for hydroxylation is 1. The number of methoxy groups -OCH3 is 1. The molecule has 0 radical (unpaired) electrons. The number of aromatic nitrogens is 1. The molecule has 0 aromatic carbocycles. The van der Waals surface area contributed by atoms with E-state index in [2.05, 4.69) is 4.98 Å². The molecule has 1 rings (SSSR count). The van der Waals surface area contributed by atoms with Crippen LogP contribution in [0.1, 0.15) is 36.8 Å². The first-order valence-corrected chi connectivity index (χ1v) is 5.36. The highest BCUT2D eigenvalue weighted by Gasteiger charge is 2.31. The van der Waals surface area contributed by atoms with Crippen LogP contribution in [0.15, 0.2) is 18.3 Å². The first-order chi connectivity index (χ1) is 7.36. The molecule has 0 fully saturated rings. The number of ketones is 1. The summed E-state index contributed by atoms with van der Waals surface area (Å²) in [6.07, 6.45) is 1.17. The van der Waals surface area contributed by atoms with Gasteiger partial charge in [0.15, 0.2) is 5.78 Å². The summed E-state index contributed by atoms with van der Waals surface area (Å²) < 4.78 is 5.28. The van der Waals surface area contributed by atoms with Crippen LogP contribution >= 0.6 is 0 Å². The highest BCUT2D eigenvalue weighted by molar-refractivity contribution is 5.99. The normalized spacial score (nSPS) is 13.6. The van der Waals surface area contributed by atoms with Gasteiger partial charge in [0.1, 0.15) is 6.10 Å². The molecule has 3 heteroatoms. The van der Waals surface area contributed by atoms with E-state index in [9.17, 15) is 4.79 Å². The maximum atomic E-state index is 12.2. The average molecular weight is 221 g/mol. The molecule has 0 saturated carbocycles. The second-order valence-corrected chi connectivity index (χ2v) is 5.03. The number of Topliss-reactive ketones (excluding diaryl/α,β-unsaturated/α-hetero) is 1. The minimum Gasteiger partial charge on any atom is -0.373 e. The number of carbonyl (C=O) groups excluding carboxylic acids is 1. The molecule has 0 amide bonds. The minimum absolute atomic E-state index is 0.0116. The fourth-order valence-corrected chi connectivity index (χ4v) is 1.62. The third kappa shape index (κ3) is 2.89. The molecular weight excluding hydrogens is 202 g/mol. The summed E-state index contributed by atoms with van der Waals surface area (Å²) >= 11 is 0. The van der Waals surface area contributed by atoms with Gasteiger partial charge in [-0.1, -0.05) is 20.8 Å².